The van der Waals surface area contributed by atoms with E-state index in [0.717, 1.165) is 45.0 Å². The molecule has 3 aromatic heterocycles. The van der Waals surface area contributed by atoms with Crippen molar-refractivity contribution in [3.8, 4) is 11.3 Å². The van der Waals surface area contributed by atoms with Crippen molar-refractivity contribution in [2.75, 3.05) is 32.7 Å². The summed E-state index contributed by atoms with van der Waals surface area (Å²) in [5.41, 5.74) is 3.01. The first kappa shape index (κ1) is 21.5. The lowest BCUT2D eigenvalue weighted by molar-refractivity contribution is 0.132. The molecular weight excluding hydrogens is 393 g/mol. The van der Waals surface area contributed by atoms with Gasteiger partial charge in [-0.05, 0) is 32.0 Å². The molecule has 164 valence electrons. The minimum absolute atomic E-state index is 0.205. The van der Waals surface area contributed by atoms with E-state index in [1.54, 1.807) is 10.9 Å². The van der Waals surface area contributed by atoms with Gasteiger partial charge in [0.05, 0.1) is 18.8 Å². The van der Waals surface area contributed by atoms with E-state index in [4.69, 9.17) is 0 Å². The van der Waals surface area contributed by atoms with E-state index in [9.17, 15) is 4.39 Å². The predicted molar refractivity (Wildman–Crippen MR) is 118 cm³/mol. The van der Waals surface area contributed by atoms with Crippen molar-refractivity contribution >= 4 is 0 Å². The Balaban J connectivity index is 1.41. The smallest absolute Gasteiger partial charge is 0.167 e. The number of nitrogens with zero attached hydrogens (tertiary/aromatic N) is 7. The highest BCUT2D eigenvalue weighted by atomic mass is 19.1. The van der Waals surface area contributed by atoms with Crippen LogP contribution < -0.4 is 0 Å². The van der Waals surface area contributed by atoms with Crippen molar-refractivity contribution in [2.45, 2.75) is 39.8 Å². The van der Waals surface area contributed by atoms with Crippen molar-refractivity contribution in [1.82, 2.24) is 34.5 Å². The summed E-state index contributed by atoms with van der Waals surface area (Å²) in [6, 6.07) is 4.34. The first-order valence-electron chi connectivity index (χ1n) is 11.0. The number of piperazine rings is 1. The van der Waals surface area contributed by atoms with Crippen molar-refractivity contribution in [2.24, 2.45) is 0 Å². The molecule has 0 bridgehead atoms. The molecule has 0 atom stereocenters. The Bertz CT molecular complexity index is 991. The van der Waals surface area contributed by atoms with Gasteiger partial charge >= 0.3 is 0 Å². The SMILES string of the molecule is CCN1CCN(Cc2ccc(Cc3ncc(F)c(-c4cnn(C(C)C)c4)n3)nc2)CC1. The van der Waals surface area contributed by atoms with Crippen LogP contribution in [-0.4, -0.2) is 67.3 Å². The Morgan fingerprint density at radius 2 is 1.77 bits per heavy atom. The van der Waals surface area contributed by atoms with Gasteiger partial charge in [-0.2, -0.15) is 5.10 Å². The fourth-order valence-corrected chi connectivity index (χ4v) is 3.77. The second kappa shape index (κ2) is 9.62. The summed E-state index contributed by atoms with van der Waals surface area (Å²) in [5.74, 6) is 0.100. The number of pyridine rings is 1. The van der Waals surface area contributed by atoms with E-state index in [2.05, 4.69) is 42.8 Å². The molecule has 1 saturated heterocycles. The predicted octanol–water partition coefficient (Wildman–Crippen LogP) is 3.18. The summed E-state index contributed by atoms with van der Waals surface area (Å²) in [4.78, 5) is 18.2. The highest BCUT2D eigenvalue weighted by Crippen LogP contribution is 2.21. The molecule has 0 amide bonds. The van der Waals surface area contributed by atoms with E-state index in [-0.39, 0.29) is 11.7 Å². The van der Waals surface area contributed by atoms with Crippen LogP contribution in [0.3, 0.4) is 0 Å². The maximum absolute atomic E-state index is 14.3. The van der Waals surface area contributed by atoms with Crippen LogP contribution in [0.5, 0.6) is 0 Å². The fraction of sp³-hybridized carbons (Fsp3) is 0.478. The summed E-state index contributed by atoms with van der Waals surface area (Å²) in [7, 11) is 0. The van der Waals surface area contributed by atoms with Crippen molar-refractivity contribution < 1.29 is 4.39 Å². The molecule has 1 aliphatic rings. The minimum Gasteiger partial charge on any atom is -0.301 e. The fourth-order valence-electron chi connectivity index (χ4n) is 3.77. The average Bonchev–Trinajstić information content (AvgIpc) is 3.27. The van der Waals surface area contributed by atoms with Crippen LogP contribution in [0.2, 0.25) is 0 Å². The third kappa shape index (κ3) is 5.32. The third-order valence-electron chi connectivity index (χ3n) is 5.74. The molecular formula is C23H30FN7. The quantitative estimate of drug-likeness (QED) is 0.582. The van der Waals surface area contributed by atoms with E-state index in [0.29, 0.717) is 17.8 Å². The number of aromatic nitrogens is 5. The van der Waals surface area contributed by atoms with Gasteiger partial charge in [-0.3, -0.25) is 14.6 Å². The van der Waals surface area contributed by atoms with Crippen LogP contribution in [0.15, 0.2) is 36.9 Å². The van der Waals surface area contributed by atoms with Crippen molar-refractivity contribution in [1.29, 1.82) is 0 Å². The molecule has 31 heavy (non-hydrogen) atoms. The Labute approximate surface area is 183 Å². The van der Waals surface area contributed by atoms with Gasteiger partial charge < -0.3 is 4.90 Å². The van der Waals surface area contributed by atoms with Gasteiger partial charge in [0.1, 0.15) is 11.5 Å². The standard InChI is InChI=1S/C23H30FN7/c1-4-29-7-9-30(10-8-29)15-18-5-6-20(25-12-18)11-22-26-14-21(24)23(28-22)19-13-27-31(16-19)17(2)3/h5-6,12-14,16-17H,4,7-11,15H2,1-3H3. The van der Waals surface area contributed by atoms with Crippen LogP contribution in [0, 0.1) is 5.82 Å². The van der Waals surface area contributed by atoms with Gasteiger partial charge in [0, 0.05) is 62.4 Å². The molecule has 8 heteroatoms. The van der Waals surface area contributed by atoms with E-state index in [1.807, 2.05) is 32.3 Å². The van der Waals surface area contributed by atoms with Gasteiger partial charge in [0.15, 0.2) is 5.82 Å². The Morgan fingerprint density at radius 3 is 2.42 bits per heavy atom. The highest BCUT2D eigenvalue weighted by molar-refractivity contribution is 5.57. The Morgan fingerprint density at radius 1 is 1.00 bits per heavy atom. The third-order valence-corrected chi connectivity index (χ3v) is 5.74. The molecule has 0 radical (unpaired) electrons. The summed E-state index contributed by atoms with van der Waals surface area (Å²) < 4.78 is 16.1. The lowest BCUT2D eigenvalue weighted by Crippen LogP contribution is -2.45. The molecule has 4 rings (SSSR count). The zero-order valence-electron chi connectivity index (χ0n) is 18.5. The van der Waals surface area contributed by atoms with Gasteiger partial charge in [-0.1, -0.05) is 13.0 Å². The van der Waals surface area contributed by atoms with Crippen LogP contribution in [0.25, 0.3) is 11.3 Å². The number of hydrogen-bond acceptors (Lipinski definition) is 6. The van der Waals surface area contributed by atoms with Crippen LogP contribution in [-0.2, 0) is 13.0 Å². The van der Waals surface area contributed by atoms with E-state index >= 15 is 0 Å². The number of likely N-dealkylation sites (N-methyl/N-ethyl adjacent to an activating group) is 1. The molecule has 1 aliphatic heterocycles. The molecule has 7 nitrogen and oxygen atoms in total. The molecule has 0 saturated carbocycles. The lowest BCUT2D eigenvalue weighted by atomic mass is 10.2. The maximum atomic E-state index is 14.3. The molecule has 0 unspecified atom stereocenters. The van der Waals surface area contributed by atoms with Gasteiger partial charge in [0.2, 0.25) is 0 Å². The molecule has 0 spiro atoms. The van der Waals surface area contributed by atoms with Gasteiger partial charge in [0.25, 0.3) is 0 Å². The number of rotatable bonds is 7. The molecule has 0 aromatic carbocycles. The second-order valence-corrected chi connectivity index (χ2v) is 8.33. The largest absolute Gasteiger partial charge is 0.301 e. The lowest BCUT2D eigenvalue weighted by Gasteiger charge is -2.33. The van der Waals surface area contributed by atoms with Gasteiger partial charge in [-0.15, -0.1) is 0 Å². The first-order valence-corrected chi connectivity index (χ1v) is 11.0. The maximum Gasteiger partial charge on any atom is 0.167 e. The second-order valence-electron chi connectivity index (χ2n) is 8.33. The Kier molecular flexibility index (Phi) is 6.67. The van der Waals surface area contributed by atoms with Crippen molar-refractivity contribution in [3.63, 3.8) is 0 Å². The van der Waals surface area contributed by atoms with E-state index in [1.165, 1.54) is 11.8 Å². The van der Waals surface area contributed by atoms with E-state index < -0.39 is 5.82 Å². The molecule has 4 heterocycles. The Hall–Kier alpha value is -2.71. The average molecular weight is 424 g/mol. The minimum atomic E-state index is -0.446. The van der Waals surface area contributed by atoms with Crippen LogP contribution in [0.4, 0.5) is 4.39 Å². The molecule has 0 N–H and O–H groups in total. The summed E-state index contributed by atoms with van der Waals surface area (Å²) in [5, 5.41) is 4.28. The normalized spacial score (nSPS) is 15.6. The van der Waals surface area contributed by atoms with Crippen LogP contribution in [0.1, 0.15) is 43.9 Å². The molecule has 3 aromatic rings. The van der Waals surface area contributed by atoms with Gasteiger partial charge in [-0.25, -0.2) is 14.4 Å². The van der Waals surface area contributed by atoms with Crippen molar-refractivity contribution in [3.05, 3.63) is 59.8 Å². The summed E-state index contributed by atoms with van der Waals surface area (Å²) in [6.07, 6.45) is 7.07. The number of halogens is 1. The highest BCUT2D eigenvalue weighted by Gasteiger charge is 2.16. The molecule has 0 aliphatic carbocycles. The zero-order chi connectivity index (χ0) is 21.8. The summed E-state index contributed by atoms with van der Waals surface area (Å²) in [6.45, 7) is 12.7. The zero-order valence-corrected chi connectivity index (χ0v) is 18.5. The number of hydrogen-bond donors (Lipinski definition) is 0. The first-order chi connectivity index (χ1) is 15.0. The summed E-state index contributed by atoms with van der Waals surface area (Å²) >= 11 is 0. The topological polar surface area (TPSA) is 63.0 Å². The molecule has 1 fully saturated rings. The van der Waals surface area contributed by atoms with Crippen LogP contribution >= 0.6 is 0 Å². The monoisotopic (exact) mass is 423 g/mol.